The Bertz CT molecular complexity index is 1950. The van der Waals surface area contributed by atoms with Gasteiger partial charge in [0.05, 0.1) is 24.4 Å². The number of Topliss-reactive ketones (excluding diaryl/α,β-unsaturated/α-hetero) is 1. The summed E-state index contributed by atoms with van der Waals surface area (Å²) in [4.78, 5) is 41.5. The Hall–Kier alpha value is -5.13. The molecule has 0 spiro atoms. The van der Waals surface area contributed by atoms with Crippen LogP contribution >= 0.6 is 11.8 Å². The van der Waals surface area contributed by atoms with Gasteiger partial charge in [-0.2, -0.15) is 0 Å². The molecule has 4 aromatic carbocycles. The van der Waals surface area contributed by atoms with Crippen LogP contribution in [0.15, 0.2) is 126 Å². The molecule has 0 aliphatic carbocycles. The van der Waals surface area contributed by atoms with Crippen LogP contribution in [0, 0.1) is 0 Å². The van der Waals surface area contributed by atoms with E-state index in [1.54, 1.807) is 54.7 Å². The molecule has 3 N–H and O–H groups in total. The van der Waals surface area contributed by atoms with E-state index in [1.165, 1.54) is 24.8 Å². The van der Waals surface area contributed by atoms with Crippen molar-refractivity contribution in [2.75, 3.05) is 11.1 Å². The van der Waals surface area contributed by atoms with Crippen LogP contribution in [0.4, 0.5) is 5.69 Å². The van der Waals surface area contributed by atoms with E-state index in [0.29, 0.717) is 33.2 Å². The van der Waals surface area contributed by atoms with Crippen LogP contribution in [-0.2, 0) is 16.1 Å². The number of hydrogen-bond donors (Lipinski definition) is 3. The number of nitrogens with zero attached hydrogens (tertiary/aromatic N) is 1. The molecule has 1 aliphatic heterocycles. The number of hydrogen-bond acceptors (Lipinski definition) is 8. The topological polar surface area (TPSA) is 135 Å². The zero-order valence-corrected chi connectivity index (χ0v) is 27.4. The third-order valence-electron chi connectivity index (χ3n) is 8.30. The highest BCUT2D eigenvalue weighted by Crippen LogP contribution is 2.48. The van der Waals surface area contributed by atoms with Crippen molar-refractivity contribution in [1.29, 1.82) is 0 Å². The lowest BCUT2D eigenvalue weighted by Crippen LogP contribution is -2.38. The summed E-state index contributed by atoms with van der Waals surface area (Å²) in [6, 6.07) is 34.3. The van der Waals surface area contributed by atoms with Crippen molar-refractivity contribution in [2.24, 2.45) is 0 Å². The molecule has 4 unspecified atom stereocenters. The van der Waals surface area contributed by atoms with E-state index in [4.69, 9.17) is 9.47 Å². The monoisotopic (exact) mass is 674 g/mol. The van der Waals surface area contributed by atoms with Crippen molar-refractivity contribution in [3.05, 3.63) is 160 Å². The summed E-state index contributed by atoms with van der Waals surface area (Å²) < 4.78 is 13.5. The molecule has 4 atom stereocenters. The van der Waals surface area contributed by atoms with Gasteiger partial charge in [0.1, 0.15) is 5.03 Å². The fraction of sp³-hybridized carbons (Fsp3) is 0.179. The summed E-state index contributed by atoms with van der Waals surface area (Å²) in [6.07, 6.45) is -0.308. The maximum absolute atomic E-state index is 13.4. The van der Waals surface area contributed by atoms with Gasteiger partial charge in [-0.25, -0.2) is 9.78 Å². The number of aliphatic hydroxyl groups is 1. The summed E-state index contributed by atoms with van der Waals surface area (Å²) in [5, 5.41) is 22.7. The fourth-order valence-corrected chi connectivity index (χ4v) is 6.88. The second-order valence-corrected chi connectivity index (χ2v) is 12.6. The molecule has 9 nitrogen and oxygen atoms in total. The molecule has 0 saturated carbocycles. The zero-order chi connectivity index (χ0) is 34.3. The lowest BCUT2D eigenvalue weighted by Gasteiger charge is -2.43. The highest BCUT2D eigenvalue weighted by Gasteiger charge is 2.42. The van der Waals surface area contributed by atoms with Crippen LogP contribution in [-0.4, -0.2) is 44.7 Å². The van der Waals surface area contributed by atoms with Crippen LogP contribution < -0.4 is 5.32 Å². The second kappa shape index (κ2) is 15.4. The number of ketones is 1. The van der Waals surface area contributed by atoms with Crippen LogP contribution in [0.1, 0.15) is 78.6 Å². The molecule has 2 heterocycles. The number of aliphatic hydroxyl groups excluding tert-OH is 1. The van der Waals surface area contributed by atoms with E-state index >= 15 is 0 Å². The average Bonchev–Trinajstić information content (AvgIpc) is 3.14. The summed E-state index contributed by atoms with van der Waals surface area (Å²) in [5.74, 6) is -1.48. The minimum Gasteiger partial charge on any atom is -0.478 e. The normalized spacial score (nSPS) is 18.8. The highest BCUT2D eigenvalue weighted by atomic mass is 32.2. The standard InChI is InChI=1S/C39H34N2O7S/c1-24(43)28-10-6-13-31(21-28)41-36(44)29-11-5-12-30(20-29)39-47-33(23-49-37-32(38(45)46)14-7-19-40-37)34(26-8-3-2-4-9-26)35(48-39)27-17-15-25(22-42)16-18-27/h2-21,33-35,39,42H,22-23H2,1H3,(H,41,44)(H,45,46). The number of amides is 1. The molecule has 248 valence electrons. The number of benzene rings is 4. The third-order valence-corrected chi connectivity index (χ3v) is 9.40. The second-order valence-electron chi connectivity index (χ2n) is 11.6. The number of carbonyl (C=O) groups is 3. The van der Waals surface area contributed by atoms with E-state index in [2.05, 4.69) is 10.3 Å². The highest BCUT2D eigenvalue weighted by molar-refractivity contribution is 7.99. The van der Waals surface area contributed by atoms with Gasteiger partial charge in [0.15, 0.2) is 12.1 Å². The average molecular weight is 675 g/mol. The number of carbonyl (C=O) groups excluding carboxylic acids is 2. The summed E-state index contributed by atoms with van der Waals surface area (Å²) >= 11 is 1.30. The van der Waals surface area contributed by atoms with Gasteiger partial charge in [-0.15, -0.1) is 11.8 Å². The molecule has 0 bridgehead atoms. The Labute approximate surface area is 287 Å². The molecular formula is C39H34N2O7S. The largest absolute Gasteiger partial charge is 0.478 e. The van der Waals surface area contributed by atoms with Gasteiger partial charge < -0.3 is 25.0 Å². The van der Waals surface area contributed by atoms with E-state index < -0.39 is 24.5 Å². The summed E-state index contributed by atoms with van der Waals surface area (Å²) in [6.45, 7) is 1.38. The molecule has 1 fully saturated rings. The number of rotatable bonds is 11. The minimum atomic E-state index is -1.06. The van der Waals surface area contributed by atoms with E-state index in [9.17, 15) is 24.6 Å². The molecule has 1 amide bonds. The first kappa shape index (κ1) is 33.8. The molecule has 49 heavy (non-hydrogen) atoms. The van der Waals surface area contributed by atoms with Crippen molar-refractivity contribution >= 4 is 35.1 Å². The van der Waals surface area contributed by atoms with Crippen molar-refractivity contribution < 1.29 is 34.1 Å². The number of carboxylic acid groups (broad SMARTS) is 1. The van der Waals surface area contributed by atoms with E-state index in [0.717, 1.165) is 16.7 Å². The molecular weight excluding hydrogens is 641 g/mol. The first-order valence-corrected chi connectivity index (χ1v) is 16.7. The third kappa shape index (κ3) is 7.96. The van der Waals surface area contributed by atoms with Gasteiger partial charge in [-0.3, -0.25) is 9.59 Å². The molecule has 0 radical (unpaired) electrons. The lowest BCUT2D eigenvalue weighted by molar-refractivity contribution is -0.255. The first-order chi connectivity index (χ1) is 23.8. The van der Waals surface area contributed by atoms with Crippen molar-refractivity contribution in [3.8, 4) is 0 Å². The van der Waals surface area contributed by atoms with Crippen molar-refractivity contribution in [1.82, 2.24) is 4.98 Å². The molecule has 6 rings (SSSR count). The van der Waals surface area contributed by atoms with Crippen LogP contribution in [0.2, 0.25) is 0 Å². The van der Waals surface area contributed by atoms with Crippen molar-refractivity contribution in [2.45, 2.75) is 43.0 Å². The number of pyridine rings is 1. The van der Waals surface area contributed by atoms with Gasteiger partial charge in [-0.1, -0.05) is 78.9 Å². The Morgan fingerprint density at radius 3 is 2.27 bits per heavy atom. The van der Waals surface area contributed by atoms with Crippen molar-refractivity contribution in [3.63, 3.8) is 0 Å². The van der Waals surface area contributed by atoms with Crippen LogP contribution in [0.3, 0.4) is 0 Å². The molecule has 10 heteroatoms. The van der Waals surface area contributed by atoms with Crippen LogP contribution in [0.5, 0.6) is 0 Å². The number of thioether (sulfide) groups is 1. The SMILES string of the molecule is CC(=O)c1cccc(NC(=O)c2cccc(C3OC(CSc4ncccc4C(=O)O)C(c4ccccc4)C(c4ccc(CO)cc4)O3)c2)c1. The van der Waals surface area contributed by atoms with Gasteiger partial charge in [-0.05, 0) is 60.0 Å². The lowest BCUT2D eigenvalue weighted by atomic mass is 9.84. The zero-order valence-electron chi connectivity index (χ0n) is 26.6. The maximum atomic E-state index is 13.4. The maximum Gasteiger partial charge on any atom is 0.338 e. The Morgan fingerprint density at radius 2 is 1.53 bits per heavy atom. The number of aromatic carboxylic acids is 1. The smallest absolute Gasteiger partial charge is 0.338 e. The number of nitrogens with one attached hydrogen (secondary N) is 1. The Kier molecular flexibility index (Phi) is 10.6. The van der Waals surface area contributed by atoms with Gasteiger partial charge in [0.25, 0.3) is 5.91 Å². The predicted molar refractivity (Wildman–Crippen MR) is 186 cm³/mol. The number of aromatic nitrogens is 1. The Morgan fingerprint density at radius 1 is 0.796 bits per heavy atom. The quantitative estimate of drug-likeness (QED) is 0.0964. The number of carboxylic acids is 1. The van der Waals surface area contributed by atoms with Gasteiger partial charge in [0.2, 0.25) is 0 Å². The summed E-state index contributed by atoms with van der Waals surface area (Å²) in [5.41, 5.74) is 4.70. The van der Waals surface area contributed by atoms with E-state index in [-0.39, 0.29) is 29.8 Å². The predicted octanol–water partition coefficient (Wildman–Crippen LogP) is 7.46. The van der Waals surface area contributed by atoms with E-state index in [1.807, 2.05) is 60.7 Å². The van der Waals surface area contributed by atoms with Gasteiger partial charge in [0, 0.05) is 40.2 Å². The first-order valence-electron chi connectivity index (χ1n) is 15.7. The molecule has 5 aromatic rings. The molecule has 1 aliphatic rings. The number of ether oxygens (including phenoxy) is 2. The molecule has 1 saturated heterocycles. The molecule has 1 aromatic heterocycles. The number of anilines is 1. The van der Waals surface area contributed by atoms with Gasteiger partial charge >= 0.3 is 5.97 Å². The summed E-state index contributed by atoms with van der Waals surface area (Å²) in [7, 11) is 0. The fourth-order valence-electron chi connectivity index (χ4n) is 5.83. The minimum absolute atomic E-state index is 0.0944. The van der Waals surface area contributed by atoms with Crippen LogP contribution in [0.25, 0.3) is 0 Å². The Balaban J connectivity index is 1.35.